The summed E-state index contributed by atoms with van der Waals surface area (Å²) in [7, 11) is 1.53. The normalized spacial score (nSPS) is 11.6. The number of halogens is 1. The summed E-state index contributed by atoms with van der Waals surface area (Å²) >= 11 is 6.56. The van der Waals surface area contributed by atoms with E-state index in [-0.39, 0.29) is 24.6 Å². The lowest BCUT2D eigenvalue weighted by Crippen LogP contribution is -2.16. The molecule has 0 unspecified atom stereocenters. The lowest BCUT2D eigenvalue weighted by Gasteiger charge is -2.16. The van der Waals surface area contributed by atoms with Gasteiger partial charge in [0.1, 0.15) is 10.8 Å². The minimum absolute atomic E-state index is 0.134. The van der Waals surface area contributed by atoms with Gasteiger partial charge in [0.2, 0.25) is 0 Å². The van der Waals surface area contributed by atoms with Crippen LogP contribution in [0.25, 0.3) is 17.0 Å². The van der Waals surface area contributed by atoms with E-state index in [0.717, 1.165) is 18.5 Å². The number of benzene rings is 1. The van der Waals surface area contributed by atoms with Crippen molar-refractivity contribution in [2.75, 3.05) is 25.6 Å². The highest BCUT2D eigenvalue weighted by Crippen LogP contribution is 2.34. The molecular weight excluding hydrogens is 582 g/mol. The molecule has 0 saturated heterocycles. The maximum absolute atomic E-state index is 12.3. The van der Waals surface area contributed by atoms with Crippen molar-refractivity contribution in [1.29, 1.82) is 0 Å². The largest absolute Gasteiger partial charge is 0.496 e. The van der Waals surface area contributed by atoms with E-state index in [1.54, 1.807) is 22.8 Å². The van der Waals surface area contributed by atoms with Crippen molar-refractivity contribution >= 4 is 35.0 Å². The van der Waals surface area contributed by atoms with Gasteiger partial charge in [0.05, 0.1) is 31.6 Å². The molecule has 2 aromatic heterocycles. The number of rotatable bonds is 19. The zero-order valence-electron chi connectivity index (χ0n) is 27.1. The van der Waals surface area contributed by atoms with Gasteiger partial charge in [-0.05, 0) is 18.6 Å². The van der Waals surface area contributed by atoms with Crippen LogP contribution in [0.15, 0.2) is 18.2 Å². The number of nitrogens with zero attached hydrogens (tertiary/aromatic N) is 3. The molecule has 3 aromatic rings. The van der Waals surface area contributed by atoms with Crippen molar-refractivity contribution < 1.29 is 23.8 Å². The molecule has 244 valence electrons. The van der Waals surface area contributed by atoms with Crippen molar-refractivity contribution in [3.63, 3.8) is 0 Å². The Hall–Kier alpha value is -3.27. The first-order valence-electron chi connectivity index (χ1n) is 16.1. The average molecular weight is 632 g/mol. The number of nitrogens with one attached hydrogen (secondary N) is 2. The van der Waals surface area contributed by atoms with E-state index in [1.165, 1.54) is 64.9 Å². The number of amides is 1. The quantitative estimate of drug-likeness (QED) is 0.100. The molecule has 2 N–H and O–H groups in total. The number of carbonyl (C=O) groups is 2. The van der Waals surface area contributed by atoms with Gasteiger partial charge < -0.3 is 14.2 Å². The lowest BCUT2D eigenvalue weighted by atomic mass is 9.92. The minimum Gasteiger partial charge on any atom is -0.496 e. The molecule has 0 spiro atoms. The second kappa shape index (κ2) is 17.9. The topological polar surface area (TPSA) is 120 Å². The van der Waals surface area contributed by atoms with Crippen LogP contribution < -0.4 is 10.1 Å². The van der Waals surface area contributed by atoms with Gasteiger partial charge in [0.25, 0.3) is 0 Å². The highest BCUT2D eigenvalue weighted by molar-refractivity contribution is 6.34. The molecule has 1 aromatic carbocycles. The highest BCUT2D eigenvalue weighted by Gasteiger charge is 2.25. The van der Waals surface area contributed by atoms with Crippen LogP contribution in [0.4, 0.5) is 10.5 Å². The zero-order chi connectivity index (χ0) is 32.0. The number of aromatic amines is 1. The van der Waals surface area contributed by atoms with E-state index in [0.29, 0.717) is 46.3 Å². The third kappa shape index (κ3) is 11.0. The fourth-order valence-corrected chi connectivity index (χ4v) is 5.38. The Morgan fingerprint density at radius 1 is 0.932 bits per heavy atom. The van der Waals surface area contributed by atoms with Crippen molar-refractivity contribution in [2.45, 2.75) is 117 Å². The van der Waals surface area contributed by atoms with E-state index in [1.807, 2.05) is 0 Å². The molecule has 0 aliphatic rings. The van der Waals surface area contributed by atoms with Crippen LogP contribution in [0.1, 0.15) is 117 Å². The number of hydrogen-bond acceptors (Lipinski definition) is 7. The minimum atomic E-state index is -0.609. The third-order valence-electron chi connectivity index (χ3n) is 7.45. The van der Waals surface area contributed by atoms with Crippen LogP contribution in [0, 0.1) is 0 Å². The maximum Gasteiger partial charge on any atom is 0.411 e. The molecule has 2 heterocycles. The number of anilines is 1. The van der Waals surface area contributed by atoms with Crippen molar-refractivity contribution in [1.82, 2.24) is 19.8 Å². The molecule has 1 amide bonds. The summed E-state index contributed by atoms with van der Waals surface area (Å²) in [5, 5.41) is 10.9. The maximum atomic E-state index is 12.3. The first-order valence-corrected chi connectivity index (χ1v) is 16.4. The summed E-state index contributed by atoms with van der Waals surface area (Å²) in [6.45, 7) is 8.77. The van der Waals surface area contributed by atoms with E-state index in [4.69, 9.17) is 25.8 Å². The van der Waals surface area contributed by atoms with Gasteiger partial charge in [-0.15, -0.1) is 5.10 Å². The Balaban J connectivity index is 1.31. The Morgan fingerprint density at radius 3 is 2.18 bits per heavy atom. The van der Waals surface area contributed by atoms with Crippen LogP contribution in [0.3, 0.4) is 0 Å². The lowest BCUT2D eigenvalue weighted by molar-refractivity contribution is -0.144. The smallest absolute Gasteiger partial charge is 0.411 e. The van der Waals surface area contributed by atoms with Gasteiger partial charge in [-0.2, -0.15) is 4.63 Å². The summed E-state index contributed by atoms with van der Waals surface area (Å²) in [5.41, 5.74) is 2.33. The number of hydrogen-bond donors (Lipinski definition) is 2. The van der Waals surface area contributed by atoms with Crippen LogP contribution in [0.5, 0.6) is 5.75 Å². The standard InChI is InChI=1S/C33H50ClN5O5/c1-6-7-8-9-10-11-12-13-14-15-16-18-27(40)43-21-17-22-44-32(41)35-24-19-20-25(26(23-24)42-5)30-36-31-28(34)29(33(2,3)4)37-39(31)38-30/h19-20,23,37H,6-18,21-22H2,1-5H3,(H,35,41). The Labute approximate surface area is 266 Å². The SMILES string of the molecule is CCCCCCCCCCCCCC(=O)OCCCOC(=O)Nc1ccc(-c2nc3c(Cl)c(C(C)(C)C)[nH]n3n2)c(OC)c1. The summed E-state index contributed by atoms with van der Waals surface area (Å²) in [5.74, 6) is 0.717. The number of fused-ring (bicyclic) bond motifs is 1. The molecule has 0 aliphatic carbocycles. The molecule has 0 atom stereocenters. The molecule has 0 aliphatic heterocycles. The molecular formula is C33H50ClN5O5. The average Bonchev–Trinajstić information content (AvgIpc) is 3.54. The summed E-state index contributed by atoms with van der Waals surface area (Å²) in [6, 6.07) is 5.15. The molecule has 10 nitrogen and oxygen atoms in total. The molecule has 0 fully saturated rings. The highest BCUT2D eigenvalue weighted by atomic mass is 35.5. The number of methoxy groups -OCH3 is 1. The van der Waals surface area contributed by atoms with Crippen molar-refractivity contribution in [3.8, 4) is 17.1 Å². The van der Waals surface area contributed by atoms with E-state index in [9.17, 15) is 9.59 Å². The zero-order valence-corrected chi connectivity index (χ0v) is 27.9. The van der Waals surface area contributed by atoms with Crippen molar-refractivity contribution in [3.05, 3.63) is 28.9 Å². The number of aromatic nitrogens is 4. The molecule has 44 heavy (non-hydrogen) atoms. The van der Waals surface area contributed by atoms with E-state index < -0.39 is 6.09 Å². The fraction of sp³-hybridized carbons (Fsp3) is 0.636. The van der Waals surface area contributed by atoms with Gasteiger partial charge in [-0.1, -0.05) is 104 Å². The summed E-state index contributed by atoms with van der Waals surface area (Å²) in [4.78, 5) is 28.9. The van der Waals surface area contributed by atoms with Gasteiger partial charge in [-0.3, -0.25) is 15.2 Å². The first-order chi connectivity index (χ1) is 21.1. The predicted octanol–water partition coefficient (Wildman–Crippen LogP) is 8.87. The molecule has 0 bridgehead atoms. The molecule has 0 radical (unpaired) electrons. The second-order valence-electron chi connectivity index (χ2n) is 12.3. The van der Waals surface area contributed by atoms with E-state index >= 15 is 0 Å². The monoisotopic (exact) mass is 631 g/mol. The molecule has 0 saturated carbocycles. The van der Waals surface area contributed by atoms with Crippen LogP contribution in [-0.2, 0) is 19.7 Å². The number of esters is 1. The second-order valence-corrected chi connectivity index (χ2v) is 12.6. The Kier molecular flexibility index (Phi) is 14.3. The van der Waals surface area contributed by atoms with Gasteiger partial charge in [0.15, 0.2) is 11.5 Å². The number of unbranched alkanes of at least 4 members (excludes halogenated alkanes) is 10. The van der Waals surface area contributed by atoms with Crippen LogP contribution in [-0.4, -0.2) is 52.2 Å². The Bertz CT molecular complexity index is 1330. The Morgan fingerprint density at radius 2 is 1.57 bits per heavy atom. The van der Waals surface area contributed by atoms with Gasteiger partial charge >= 0.3 is 12.1 Å². The number of carbonyl (C=O) groups excluding carboxylic acids is 2. The van der Waals surface area contributed by atoms with Crippen LogP contribution >= 0.6 is 11.6 Å². The fourth-order valence-electron chi connectivity index (χ4n) is 4.93. The van der Waals surface area contributed by atoms with E-state index in [2.05, 4.69) is 48.2 Å². The summed E-state index contributed by atoms with van der Waals surface area (Å²) in [6.07, 6.45) is 13.9. The van der Waals surface area contributed by atoms with Gasteiger partial charge in [-0.25, -0.2) is 9.78 Å². The van der Waals surface area contributed by atoms with Crippen LogP contribution in [0.2, 0.25) is 5.02 Å². The molecule has 3 rings (SSSR count). The first kappa shape index (κ1) is 35.2. The van der Waals surface area contributed by atoms with Crippen molar-refractivity contribution in [2.24, 2.45) is 0 Å². The number of H-pyrrole nitrogens is 1. The predicted molar refractivity (Wildman–Crippen MR) is 175 cm³/mol. The molecule has 11 heteroatoms. The van der Waals surface area contributed by atoms with Gasteiger partial charge in [0, 0.05) is 30.0 Å². The third-order valence-corrected chi connectivity index (χ3v) is 7.81. The number of ether oxygens (including phenoxy) is 3. The summed E-state index contributed by atoms with van der Waals surface area (Å²) < 4.78 is 17.6.